The van der Waals surface area contributed by atoms with Crippen LogP contribution in [0.3, 0.4) is 0 Å². The number of benzene rings is 2. The number of nitrogens with one attached hydrogen (secondary N) is 1. The second-order valence-electron chi connectivity index (χ2n) is 8.83. The lowest BCUT2D eigenvalue weighted by Gasteiger charge is -2.35. The predicted octanol–water partition coefficient (Wildman–Crippen LogP) is 4.44. The van der Waals surface area contributed by atoms with E-state index >= 15 is 0 Å². The number of halogens is 1. The van der Waals surface area contributed by atoms with E-state index in [4.69, 9.17) is 4.74 Å². The summed E-state index contributed by atoms with van der Waals surface area (Å²) >= 11 is 0. The fraction of sp³-hybridized carbons (Fsp3) is 0.417. The van der Waals surface area contributed by atoms with Crippen LogP contribution in [0.25, 0.3) is 0 Å². The van der Waals surface area contributed by atoms with E-state index in [0.29, 0.717) is 18.8 Å². The van der Waals surface area contributed by atoms with Crippen LogP contribution in [0.5, 0.6) is 0 Å². The number of amides is 2. The van der Waals surface area contributed by atoms with Crippen LogP contribution in [0, 0.1) is 12.7 Å². The molecule has 7 heteroatoms. The molecule has 2 amide bonds. The van der Waals surface area contributed by atoms with Crippen molar-refractivity contribution in [3.8, 4) is 0 Å². The number of carbonyl (C=O) groups is 2. The molecule has 0 bridgehead atoms. The molecule has 1 saturated heterocycles. The molecule has 166 valence electrons. The van der Waals surface area contributed by atoms with Gasteiger partial charge in [0.2, 0.25) is 0 Å². The topological polar surface area (TPSA) is 61.9 Å². The van der Waals surface area contributed by atoms with Gasteiger partial charge in [0.15, 0.2) is 0 Å². The van der Waals surface area contributed by atoms with Crippen LogP contribution in [-0.4, -0.2) is 53.6 Å². The van der Waals surface area contributed by atoms with Gasteiger partial charge in [0, 0.05) is 38.4 Å². The Bertz CT molecular complexity index is 947. The number of rotatable bonds is 4. The lowest BCUT2D eigenvalue weighted by molar-refractivity contribution is 0.0139. The number of hydrogen-bond donors (Lipinski definition) is 1. The summed E-state index contributed by atoms with van der Waals surface area (Å²) in [6.45, 7) is 11.1. The van der Waals surface area contributed by atoms with Gasteiger partial charge in [-0.1, -0.05) is 24.3 Å². The summed E-state index contributed by atoms with van der Waals surface area (Å²) in [6.07, 6.45) is -0.266. The largest absolute Gasteiger partial charge is 0.444 e. The van der Waals surface area contributed by atoms with Gasteiger partial charge in [0.1, 0.15) is 11.4 Å². The zero-order valence-electron chi connectivity index (χ0n) is 18.6. The first-order chi connectivity index (χ1) is 14.6. The van der Waals surface area contributed by atoms with E-state index in [1.54, 1.807) is 17.0 Å². The molecular formula is C24H30FN3O3. The molecule has 0 atom stereocenters. The lowest BCUT2D eigenvalue weighted by atomic mass is 10.1. The van der Waals surface area contributed by atoms with Crippen LogP contribution in [0.1, 0.15) is 42.3 Å². The van der Waals surface area contributed by atoms with Crippen LogP contribution < -0.4 is 5.32 Å². The van der Waals surface area contributed by atoms with Gasteiger partial charge >= 0.3 is 6.09 Å². The van der Waals surface area contributed by atoms with E-state index in [-0.39, 0.29) is 11.7 Å². The number of carbonyl (C=O) groups excluding carboxylic acids is 2. The number of nitrogens with zero attached hydrogens (tertiary/aromatic N) is 2. The molecule has 0 spiro atoms. The Morgan fingerprint density at radius 1 is 1.06 bits per heavy atom. The van der Waals surface area contributed by atoms with Gasteiger partial charge in [0.25, 0.3) is 5.91 Å². The zero-order chi connectivity index (χ0) is 22.6. The first-order valence-corrected chi connectivity index (χ1v) is 10.5. The molecule has 2 aromatic rings. The molecular weight excluding hydrogens is 397 g/mol. The summed E-state index contributed by atoms with van der Waals surface area (Å²) < 4.78 is 19.3. The summed E-state index contributed by atoms with van der Waals surface area (Å²) in [5, 5.41) is 2.78. The summed E-state index contributed by atoms with van der Waals surface area (Å²) in [5.74, 6) is -1.01. The van der Waals surface area contributed by atoms with Crippen molar-refractivity contribution in [3.63, 3.8) is 0 Å². The molecule has 1 fully saturated rings. The molecule has 0 aliphatic carbocycles. The highest BCUT2D eigenvalue weighted by molar-refractivity contribution is 6.04. The molecule has 0 saturated carbocycles. The number of aryl methyl sites for hydroxylation is 1. The third kappa shape index (κ3) is 6.28. The predicted molar refractivity (Wildman–Crippen MR) is 119 cm³/mol. The lowest BCUT2D eigenvalue weighted by Crippen LogP contribution is -2.49. The normalized spacial score (nSPS) is 14.9. The van der Waals surface area contributed by atoms with Gasteiger partial charge in [-0.25, -0.2) is 9.18 Å². The van der Waals surface area contributed by atoms with Crippen molar-refractivity contribution in [1.82, 2.24) is 9.80 Å². The maximum Gasteiger partial charge on any atom is 0.410 e. The Hall–Kier alpha value is -2.93. The molecule has 1 aliphatic heterocycles. The van der Waals surface area contributed by atoms with E-state index in [1.165, 1.54) is 12.1 Å². The van der Waals surface area contributed by atoms with Gasteiger partial charge < -0.3 is 15.0 Å². The molecule has 0 aromatic heterocycles. The monoisotopic (exact) mass is 427 g/mol. The Balaban J connectivity index is 1.55. The van der Waals surface area contributed by atoms with Gasteiger partial charge in [-0.2, -0.15) is 0 Å². The Morgan fingerprint density at radius 3 is 2.35 bits per heavy atom. The summed E-state index contributed by atoms with van der Waals surface area (Å²) in [5.41, 5.74) is 2.22. The van der Waals surface area contributed by atoms with E-state index in [1.807, 2.05) is 45.9 Å². The van der Waals surface area contributed by atoms with Crippen molar-refractivity contribution >= 4 is 17.7 Å². The standard InChI is InChI=1S/C24H30FN3O3/c1-17-15-18(9-10-21(17)26-22(29)19-7-5-6-8-20(19)25)16-27-11-13-28(14-12-27)23(30)31-24(2,3)4/h5-10,15H,11-14,16H2,1-4H3,(H,26,29). The summed E-state index contributed by atoms with van der Waals surface area (Å²) in [6, 6.07) is 11.8. The first kappa shape index (κ1) is 22.7. The molecule has 6 nitrogen and oxygen atoms in total. The van der Waals surface area contributed by atoms with E-state index < -0.39 is 17.3 Å². The highest BCUT2D eigenvalue weighted by atomic mass is 19.1. The Labute approximate surface area is 183 Å². The van der Waals surface area contributed by atoms with Crippen LogP contribution in [-0.2, 0) is 11.3 Å². The quantitative estimate of drug-likeness (QED) is 0.784. The molecule has 0 unspecified atom stereocenters. The van der Waals surface area contributed by atoms with Crippen molar-refractivity contribution in [2.75, 3.05) is 31.5 Å². The zero-order valence-corrected chi connectivity index (χ0v) is 18.6. The molecule has 31 heavy (non-hydrogen) atoms. The van der Waals surface area contributed by atoms with Crippen molar-refractivity contribution in [1.29, 1.82) is 0 Å². The maximum absolute atomic E-state index is 13.8. The fourth-order valence-electron chi connectivity index (χ4n) is 3.47. The van der Waals surface area contributed by atoms with Crippen LogP contribution in [0.4, 0.5) is 14.9 Å². The SMILES string of the molecule is Cc1cc(CN2CCN(C(=O)OC(C)(C)C)CC2)ccc1NC(=O)c1ccccc1F. The average molecular weight is 428 g/mol. The van der Waals surface area contributed by atoms with Crippen molar-refractivity contribution < 1.29 is 18.7 Å². The number of hydrogen-bond acceptors (Lipinski definition) is 4. The van der Waals surface area contributed by atoms with Gasteiger partial charge in [-0.15, -0.1) is 0 Å². The minimum absolute atomic E-state index is 0.0221. The number of ether oxygens (including phenoxy) is 1. The number of piperazine rings is 1. The molecule has 2 aromatic carbocycles. The molecule has 1 heterocycles. The highest BCUT2D eigenvalue weighted by Gasteiger charge is 2.25. The molecule has 0 radical (unpaired) electrons. The maximum atomic E-state index is 13.8. The van der Waals surface area contributed by atoms with Gasteiger partial charge in [0.05, 0.1) is 5.56 Å². The average Bonchev–Trinajstić information content (AvgIpc) is 2.69. The van der Waals surface area contributed by atoms with Crippen molar-refractivity contribution in [2.45, 2.75) is 39.8 Å². The van der Waals surface area contributed by atoms with Crippen LogP contribution in [0.15, 0.2) is 42.5 Å². The van der Waals surface area contributed by atoms with Crippen LogP contribution >= 0.6 is 0 Å². The minimum Gasteiger partial charge on any atom is -0.444 e. The van der Waals surface area contributed by atoms with Gasteiger partial charge in [-0.05, 0) is 57.0 Å². The highest BCUT2D eigenvalue weighted by Crippen LogP contribution is 2.20. The van der Waals surface area contributed by atoms with Crippen molar-refractivity contribution in [3.05, 3.63) is 65.0 Å². The summed E-state index contributed by atoms with van der Waals surface area (Å²) in [4.78, 5) is 28.6. The third-order valence-corrected chi connectivity index (χ3v) is 5.09. The smallest absolute Gasteiger partial charge is 0.410 e. The molecule has 3 rings (SSSR count). The van der Waals surface area contributed by atoms with Crippen molar-refractivity contribution in [2.24, 2.45) is 0 Å². The molecule has 1 N–H and O–H groups in total. The van der Waals surface area contributed by atoms with Crippen LogP contribution in [0.2, 0.25) is 0 Å². The van der Waals surface area contributed by atoms with E-state index in [9.17, 15) is 14.0 Å². The fourth-order valence-corrected chi connectivity index (χ4v) is 3.47. The van der Waals surface area contributed by atoms with E-state index in [2.05, 4.69) is 10.2 Å². The first-order valence-electron chi connectivity index (χ1n) is 10.5. The third-order valence-electron chi connectivity index (χ3n) is 5.09. The van der Waals surface area contributed by atoms with E-state index in [0.717, 1.165) is 30.8 Å². The number of anilines is 1. The Morgan fingerprint density at radius 2 is 1.74 bits per heavy atom. The summed E-state index contributed by atoms with van der Waals surface area (Å²) in [7, 11) is 0. The Kier molecular flexibility index (Phi) is 6.95. The second kappa shape index (κ2) is 9.47. The van der Waals surface area contributed by atoms with Gasteiger partial charge in [-0.3, -0.25) is 9.69 Å². The second-order valence-corrected chi connectivity index (χ2v) is 8.83. The minimum atomic E-state index is -0.542. The molecule has 1 aliphatic rings.